The number of hydrogen-bond donors (Lipinski definition) is 3. The van der Waals surface area contributed by atoms with Crippen LogP contribution in [0.5, 0.6) is 11.5 Å². The van der Waals surface area contributed by atoms with Crippen LogP contribution in [0.2, 0.25) is 0 Å². The minimum absolute atomic E-state index is 0.0501. The molecule has 8 heteroatoms. The van der Waals surface area contributed by atoms with E-state index in [1.54, 1.807) is 48.2 Å². The van der Waals surface area contributed by atoms with Crippen molar-refractivity contribution in [2.24, 2.45) is 5.92 Å². The highest BCUT2D eigenvalue weighted by molar-refractivity contribution is 6.02. The molecule has 2 heterocycles. The topological polar surface area (TPSA) is 100 Å². The summed E-state index contributed by atoms with van der Waals surface area (Å²) >= 11 is 0. The second kappa shape index (κ2) is 10.0. The van der Waals surface area contributed by atoms with Gasteiger partial charge >= 0.3 is 5.97 Å². The first-order valence-corrected chi connectivity index (χ1v) is 12.2. The predicted molar refractivity (Wildman–Crippen MR) is 135 cm³/mol. The molecule has 36 heavy (non-hydrogen) atoms. The van der Waals surface area contributed by atoms with Gasteiger partial charge in [-0.15, -0.1) is 0 Å². The smallest absolute Gasteiger partial charge is 0.338 e. The molecule has 2 saturated heterocycles. The number of fused-ring (bicyclic) bond motifs is 1. The monoisotopic (exact) mass is 487 g/mol. The zero-order valence-electron chi connectivity index (χ0n) is 20.2. The number of nitrogens with zero attached hydrogens (tertiary/aromatic N) is 1. The molecular formula is C28H29N3O5. The zero-order chi connectivity index (χ0) is 25.2. The molecule has 3 aromatic carbocycles. The van der Waals surface area contributed by atoms with Gasteiger partial charge in [-0.3, -0.25) is 4.79 Å². The summed E-state index contributed by atoms with van der Waals surface area (Å²) in [6.07, 6.45) is 0. The SMILES string of the molecule is CCOC(=O)c1ccc(N2C(=O)C3NNC(c4ccccc4)C3C2c2ccc(O)c(OCC)c2)cc1. The number of carbonyl (C=O) groups is 2. The third-order valence-electron chi connectivity index (χ3n) is 6.75. The number of carbonyl (C=O) groups excluding carboxylic acids is 2. The first-order chi connectivity index (χ1) is 17.5. The van der Waals surface area contributed by atoms with E-state index in [1.807, 2.05) is 43.3 Å². The summed E-state index contributed by atoms with van der Waals surface area (Å²) in [6.45, 7) is 4.31. The molecule has 0 spiro atoms. The van der Waals surface area contributed by atoms with Gasteiger partial charge in [0, 0.05) is 11.6 Å². The Balaban J connectivity index is 1.59. The Labute approximate surface area is 209 Å². The van der Waals surface area contributed by atoms with E-state index in [4.69, 9.17) is 9.47 Å². The average molecular weight is 488 g/mol. The molecule has 2 aliphatic rings. The van der Waals surface area contributed by atoms with E-state index in [1.165, 1.54) is 0 Å². The van der Waals surface area contributed by atoms with Gasteiger partial charge in [-0.2, -0.15) is 0 Å². The van der Waals surface area contributed by atoms with Gasteiger partial charge in [0.25, 0.3) is 0 Å². The van der Waals surface area contributed by atoms with Crippen LogP contribution in [-0.4, -0.2) is 36.2 Å². The number of phenols is 1. The molecule has 8 nitrogen and oxygen atoms in total. The Morgan fingerprint density at radius 1 is 0.917 bits per heavy atom. The van der Waals surface area contributed by atoms with Crippen LogP contribution < -0.4 is 20.5 Å². The molecule has 2 aliphatic heterocycles. The van der Waals surface area contributed by atoms with E-state index in [0.717, 1.165) is 11.1 Å². The summed E-state index contributed by atoms with van der Waals surface area (Å²) in [4.78, 5) is 27.7. The molecule has 4 atom stereocenters. The van der Waals surface area contributed by atoms with Crippen molar-refractivity contribution in [2.75, 3.05) is 18.1 Å². The van der Waals surface area contributed by atoms with Gasteiger partial charge in [-0.1, -0.05) is 36.4 Å². The lowest BCUT2D eigenvalue weighted by Gasteiger charge is -2.31. The van der Waals surface area contributed by atoms with Gasteiger partial charge in [0.2, 0.25) is 5.91 Å². The largest absolute Gasteiger partial charge is 0.504 e. The zero-order valence-corrected chi connectivity index (χ0v) is 20.2. The number of esters is 1. The van der Waals surface area contributed by atoms with E-state index in [2.05, 4.69) is 10.9 Å². The number of rotatable bonds is 7. The number of aromatic hydroxyl groups is 1. The van der Waals surface area contributed by atoms with Crippen LogP contribution in [0.15, 0.2) is 72.8 Å². The molecule has 0 saturated carbocycles. The van der Waals surface area contributed by atoms with E-state index in [9.17, 15) is 14.7 Å². The first-order valence-electron chi connectivity index (χ1n) is 12.2. The van der Waals surface area contributed by atoms with Crippen LogP contribution in [0, 0.1) is 5.92 Å². The Hall–Kier alpha value is -3.88. The van der Waals surface area contributed by atoms with Crippen LogP contribution >= 0.6 is 0 Å². The molecule has 0 radical (unpaired) electrons. The van der Waals surface area contributed by atoms with Crippen LogP contribution in [-0.2, 0) is 9.53 Å². The Morgan fingerprint density at radius 2 is 1.64 bits per heavy atom. The first kappa shape index (κ1) is 23.8. The summed E-state index contributed by atoms with van der Waals surface area (Å²) in [6, 6.07) is 21.2. The molecule has 1 amide bonds. The third-order valence-corrected chi connectivity index (χ3v) is 6.75. The summed E-state index contributed by atoms with van der Waals surface area (Å²) in [5.41, 5.74) is 9.56. The quantitative estimate of drug-likeness (QED) is 0.435. The van der Waals surface area contributed by atoms with Crippen molar-refractivity contribution < 1.29 is 24.2 Å². The Kier molecular flexibility index (Phi) is 6.63. The van der Waals surface area contributed by atoms with Gasteiger partial charge in [-0.25, -0.2) is 15.6 Å². The number of amides is 1. The molecule has 2 fully saturated rings. The van der Waals surface area contributed by atoms with Gasteiger partial charge in [0.1, 0.15) is 6.04 Å². The molecule has 186 valence electrons. The van der Waals surface area contributed by atoms with E-state index in [-0.39, 0.29) is 29.7 Å². The van der Waals surface area contributed by atoms with Crippen LogP contribution in [0.25, 0.3) is 0 Å². The van der Waals surface area contributed by atoms with E-state index in [0.29, 0.717) is 30.2 Å². The highest BCUT2D eigenvalue weighted by Crippen LogP contribution is 2.49. The fourth-order valence-corrected chi connectivity index (χ4v) is 5.20. The summed E-state index contributed by atoms with van der Waals surface area (Å²) in [5, 5.41) is 10.3. The number of hydrazine groups is 1. The lowest BCUT2D eigenvalue weighted by molar-refractivity contribution is -0.119. The molecule has 0 aromatic heterocycles. The summed E-state index contributed by atoms with van der Waals surface area (Å²) in [5.74, 6) is -0.206. The van der Waals surface area contributed by atoms with Crippen molar-refractivity contribution >= 4 is 17.6 Å². The average Bonchev–Trinajstić information content (AvgIpc) is 3.45. The Morgan fingerprint density at radius 3 is 2.33 bits per heavy atom. The normalized spacial score (nSPS) is 22.9. The van der Waals surface area contributed by atoms with Gasteiger partial charge in [0.15, 0.2) is 11.5 Å². The minimum Gasteiger partial charge on any atom is -0.504 e. The molecule has 0 aliphatic carbocycles. The van der Waals surface area contributed by atoms with Crippen LogP contribution in [0.3, 0.4) is 0 Å². The van der Waals surface area contributed by atoms with Crippen LogP contribution in [0.1, 0.15) is 47.4 Å². The molecule has 0 bridgehead atoms. The van der Waals surface area contributed by atoms with Gasteiger partial charge < -0.3 is 19.5 Å². The number of phenolic OH excluding ortho intramolecular Hbond substituents is 1. The molecule has 5 rings (SSSR count). The fraction of sp³-hybridized carbons (Fsp3) is 0.286. The second-order valence-electron chi connectivity index (χ2n) is 8.81. The van der Waals surface area contributed by atoms with Gasteiger partial charge in [0.05, 0.1) is 30.9 Å². The van der Waals surface area contributed by atoms with E-state index >= 15 is 0 Å². The molecular weight excluding hydrogens is 458 g/mol. The number of anilines is 1. The number of hydrogen-bond acceptors (Lipinski definition) is 7. The highest BCUT2D eigenvalue weighted by atomic mass is 16.5. The Bertz CT molecular complexity index is 1250. The second-order valence-corrected chi connectivity index (χ2v) is 8.81. The third kappa shape index (κ3) is 4.19. The maximum atomic E-state index is 13.8. The number of benzene rings is 3. The van der Waals surface area contributed by atoms with Crippen LogP contribution in [0.4, 0.5) is 5.69 Å². The number of nitrogens with one attached hydrogen (secondary N) is 2. The van der Waals surface area contributed by atoms with Gasteiger partial charge in [-0.05, 0) is 61.4 Å². The van der Waals surface area contributed by atoms with Crippen molar-refractivity contribution in [3.05, 3.63) is 89.5 Å². The standard InChI is InChI=1S/C28H29N3O5/c1-3-35-22-16-19(12-15-21(22)32)26-23-24(17-8-6-5-7-9-17)29-30-25(23)27(33)31(26)20-13-10-18(11-14-20)28(34)36-4-2/h5-16,23-26,29-30,32H,3-4H2,1-2H3. The summed E-state index contributed by atoms with van der Waals surface area (Å²) in [7, 11) is 0. The molecule has 3 aromatic rings. The maximum absolute atomic E-state index is 13.8. The highest BCUT2D eigenvalue weighted by Gasteiger charge is 2.56. The molecule has 4 unspecified atom stereocenters. The van der Waals surface area contributed by atoms with Crippen molar-refractivity contribution in [2.45, 2.75) is 32.0 Å². The van der Waals surface area contributed by atoms with Crippen molar-refractivity contribution in [1.82, 2.24) is 10.9 Å². The van der Waals surface area contributed by atoms with Crippen molar-refractivity contribution in [3.8, 4) is 11.5 Å². The lowest BCUT2D eigenvalue weighted by Crippen LogP contribution is -2.41. The minimum atomic E-state index is -0.464. The lowest BCUT2D eigenvalue weighted by atomic mass is 9.83. The van der Waals surface area contributed by atoms with Crippen molar-refractivity contribution in [1.29, 1.82) is 0 Å². The number of ether oxygens (including phenoxy) is 2. The fourth-order valence-electron chi connectivity index (χ4n) is 5.20. The molecule has 3 N–H and O–H groups in total. The van der Waals surface area contributed by atoms with Crippen molar-refractivity contribution in [3.63, 3.8) is 0 Å². The maximum Gasteiger partial charge on any atom is 0.338 e. The predicted octanol–water partition coefficient (Wildman–Crippen LogP) is 3.89. The van der Waals surface area contributed by atoms with E-state index < -0.39 is 12.0 Å². The summed E-state index contributed by atoms with van der Waals surface area (Å²) < 4.78 is 10.8.